The largest absolute Gasteiger partial charge is 0.466 e. The first-order valence-corrected chi connectivity index (χ1v) is 9.60. The molecular formula is C15H22N7O4P. The number of H-pyrrole nitrogens is 1. The van der Waals surface area contributed by atoms with E-state index in [4.69, 9.17) is 25.0 Å². The quantitative estimate of drug-likeness (QED) is 0.372. The van der Waals surface area contributed by atoms with Crippen LogP contribution in [0.5, 0.6) is 0 Å². The summed E-state index contributed by atoms with van der Waals surface area (Å²) in [5.41, 5.74) is 8.14. The van der Waals surface area contributed by atoms with Crippen LogP contribution in [0.4, 0.5) is 5.82 Å². The van der Waals surface area contributed by atoms with Crippen LogP contribution in [-0.4, -0.2) is 58.1 Å². The zero-order chi connectivity index (χ0) is 19.9. The molecule has 146 valence electrons. The number of anilines is 1. The van der Waals surface area contributed by atoms with Crippen LogP contribution in [0.1, 0.15) is 24.4 Å². The predicted molar refractivity (Wildman–Crippen MR) is 99.2 cm³/mol. The van der Waals surface area contributed by atoms with E-state index in [2.05, 4.69) is 42.9 Å². The van der Waals surface area contributed by atoms with Crippen LogP contribution in [0, 0.1) is 0 Å². The van der Waals surface area contributed by atoms with Gasteiger partial charge >= 0.3 is 7.82 Å². The Morgan fingerprint density at radius 1 is 1.30 bits per heavy atom. The Bertz CT molecular complexity index is 878. The van der Waals surface area contributed by atoms with Gasteiger partial charge in [0, 0.05) is 18.4 Å². The fourth-order valence-electron chi connectivity index (χ4n) is 2.69. The van der Waals surface area contributed by atoms with Crippen LogP contribution in [-0.2, 0) is 4.57 Å². The van der Waals surface area contributed by atoms with Gasteiger partial charge in [0.15, 0.2) is 11.5 Å². The van der Waals surface area contributed by atoms with Crippen molar-refractivity contribution >= 4 is 24.8 Å². The molecule has 0 bridgehead atoms. The second-order valence-electron chi connectivity index (χ2n) is 5.80. The normalized spacial score (nSPS) is 17.0. The number of rotatable bonds is 1. The summed E-state index contributed by atoms with van der Waals surface area (Å²) < 4.78 is 8.88. The van der Waals surface area contributed by atoms with Crippen molar-refractivity contribution in [2.45, 2.75) is 18.9 Å². The van der Waals surface area contributed by atoms with Crippen LogP contribution in [0.15, 0.2) is 37.2 Å². The highest BCUT2D eigenvalue weighted by atomic mass is 31.2. The molecule has 1 aliphatic heterocycles. The number of nitrogens with zero attached hydrogens (tertiary/aromatic N) is 5. The van der Waals surface area contributed by atoms with Crippen molar-refractivity contribution in [2.75, 3.05) is 19.3 Å². The number of imidazole rings is 1. The number of nitrogen functional groups attached to an aromatic ring is 1. The molecule has 0 saturated carbocycles. The molecule has 1 saturated heterocycles. The molecule has 0 unspecified atom stereocenters. The van der Waals surface area contributed by atoms with Crippen molar-refractivity contribution in [3.05, 3.63) is 42.7 Å². The highest BCUT2D eigenvalue weighted by Gasteiger charge is 2.21. The number of hydrogen-bond donors (Lipinski definition) is 5. The maximum Gasteiger partial charge on any atom is 0.466 e. The van der Waals surface area contributed by atoms with E-state index in [1.54, 1.807) is 0 Å². The number of likely N-dealkylation sites (tertiary alicyclic amines) is 1. The Hall–Kier alpha value is -2.43. The number of nitrogens with one attached hydrogen (secondary N) is 1. The zero-order valence-corrected chi connectivity index (χ0v) is 15.6. The maximum absolute atomic E-state index is 8.88. The summed E-state index contributed by atoms with van der Waals surface area (Å²) in [6.45, 7) is 1.22. The Labute approximate surface area is 155 Å². The summed E-state index contributed by atoms with van der Waals surface area (Å²) in [6, 6.07) is 4.79. The summed E-state index contributed by atoms with van der Waals surface area (Å²) in [5, 5.41) is 0. The van der Waals surface area contributed by atoms with E-state index in [0.29, 0.717) is 23.0 Å². The molecule has 0 spiro atoms. The van der Waals surface area contributed by atoms with E-state index in [-0.39, 0.29) is 0 Å². The second kappa shape index (κ2) is 9.49. The smallest absolute Gasteiger partial charge is 0.382 e. The number of pyridine rings is 1. The second-order valence-corrected chi connectivity index (χ2v) is 6.82. The van der Waals surface area contributed by atoms with Crippen LogP contribution in [0.3, 0.4) is 0 Å². The predicted octanol–water partition coefficient (Wildman–Crippen LogP) is 0.855. The summed E-state index contributed by atoms with van der Waals surface area (Å²) in [6.07, 6.45) is 9.33. The Morgan fingerprint density at radius 3 is 2.59 bits per heavy atom. The third-order valence-electron chi connectivity index (χ3n) is 3.84. The van der Waals surface area contributed by atoms with Gasteiger partial charge in [-0.25, -0.2) is 19.5 Å². The first kappa shape index (κ1) is 20.9. The Morgan fingerprint density at radius 2 is 2.04 bits per heavy atom. The molecule has 0 radical (unpaired) electrons. The number of aromatic nitrogens is 5. The molecule has 1 atom stereocenters. The first-order chi connectivity index (χ1) is 12.8. The van der Waals surface area contributed by atoms with Crippen molar-refractivity contribution in [3.8, 4) is 0 Å². The Kier molecular flexibility index (Phi) is 7.34. The van der Waals surface area contributed by atoms with Crippen molar-refractivity contribution in [3.63, 3.8) is 0 Å². The molecule has 4 heterocycles. The molecule has 1 fully saturated rings. The van der Waals surface area contributed by atoms with Crippen LogP contribution in [0.25, 0.3) is 11.2 Å². The molecular weight excluding hydrogens is 373 g/mol. The minimum atomic E-state index is -4.64. The molecule has 0 amide bonds. The minimum absolute atomic E-state index is 0.433. The van der Waals surface area contributed by atoms with Crippen LogP contribution < -0.4 is 5.73 Å². The van der Waals surface area contributed by atoms with Crippen LogP contribution >= 0.6 is 7.82 Å². The standard InChI is InChI=1S/C10H14N2.C5H5N5.H3O4P/c1-12-7-3-5-10(12)9-4-2-6-11-8-9;6-4-3-5(9-1-7-3)10-2-8-4;1-5(2,3)4/h2,4,6,8,10H,3,5,7H2,1H3;1-2H,(H3,6,7,8,9,10);(H3,1,2,3,4)/t10-;;/m0../s1. The summed E-state index contributed by atoms with van der Waals surface area (Å²) in [5.74, 6) is 0.433. The lowest BCUT2D eigenvalue weighted by atomic mass is 10.1. The lowest BCUT2D eigenvalue weighted by Crippen LogP contribution is -2.17. The molecule has 0 aromatic carbocycles. The van der Waals surface area contributed by atoms with Crippen molar-refractivity contribution in [2.24, 2.45) is 0 Å². The van der Waals surface area contributed by atoms with Crippen LogP contribution in [0.2, 0.25) is 0 Å². The lowest BCUT2D eigenvalue weighted by molar-refractivity contribution is 0.275. The Balaban J connectivity index is 0.000000158. The highest BCUT2D eigenvalue weighted by molar-refractivity contribution is 7.45. The van der Waals surface area contributed by atoms with Crippen molar-refractivity contribution in [1.82, 2.24) is 29.8 Å². The minimum Gasteiger partial charge on any atom is -0.382 e. The van der Waals surface area contributed by atoms with Gasteiger partial charge in [-0.05, 0) is 38.1 Å². The number of phosphoric acid groups is 1. The lowest BCUT2D eigenvalue weighted by Gasteiger charge is -2.18. The topological polar surface area (TPSA) is 174 Å². The third kappa shape index (κ3) is 7.00. The fraction of sp³-hybridized carbons (Fsp3) is 0.333. The number of hydrogen-bond acceptors (Lipinski definition) is 7. The molecule has 1 aliphatic rings. The fourth-order valence-corrected chi connectivity index (χ4v) is 2.69. The molecule has 11 nitrogen and oxygen atoms in total. The molecule has 6 N–H and O–H groups in total. The van der Waals surface area contributed by atoms with E-state index in [9.17, 15) is 0 Å². The molecule has 4 rings (SSSR count). The van der Waals surface area contributed by atoms with Gasteiger partial charge in [0.05, 0.1) is 6.33 Å². The summed E-state index contributed by atoms with van der Waals surface area (Å²) >= 11 is 0. The van der Waals surface area contributed by atoms with E-state index < -0.39 is 7.82 Å². The molecule has 3 aromatic heterocycles. The molecule has 12 heteroatoms. The average molecular weight is 395 g/mol. The highest BCUT2D eigenvalue weighted by Crippen LogP contribution is 2.29. The van der Waals surface area contributed by atoms with Gasteiger partial charge in [0.2, 0.25) is 0 Å². The average Bonchev–Trinajstić information content (AvgIpc) is 3.24. The van der Waals surface area contributed by atoms with Gasteiger partial charge in [-0.2, -0.15) is 0 Å². The van der Waals surface area contributed by atoms with E-state index in [1.165, 1.54) is 37.6 Å². The van der Waals surface area contributed by atoms with Gasteiger partial charge in [-0.1, -0.05) is 6.07 Å². The summed E-state index contributed by atoms with van der Waals surface area (Å²) in [7, 11) is -2.45. The van der Waals surface area contributed by atoms with E-state index in [1.807, 2.05) is 18.5 Å². The number of nitrogens with two attached hydrogens (primary N) is 1. The van der Waals surface area contributed by atoms with Gasteiger partial charge in [-0.15, -0.1) is 0 Å². The SMILES string of the molecule is CN1CCC[C@H]1c1cccnc1.Nc1ncnc2nc[nH]c12.O=P(O)(O)O. The van der Waals surface area contributed by atoms with Crippen molar-refractivity contribution in [1.29, 1.82) is 0 Å². The monoisotopic (exact) mass is 395 g/mol. The molecule has 27 heavy (non-hydrogen) atoms. The van der Waals surface area contributed by atoms with Gasteiger partial charge in [0.1, 0.15) is 11.8 Å². The third-order valence-corrected chi connectivity index (χ3v) is 3.84. The number of aromatic amines is 1. The van der Waals surface area contributed by atoms with E-state index >= 15 is 0 Å². The number of fused-ring (bicyclic) bond motifs is 1. The first-order valence-electron chi connectivity index (χ1n) is 8.03. The maximum atomic E-state index is 8.88. The van der Waals surface area contributed by atoms with E-state index in [0.717, 1.165) is 0 Å². The van der Waals surface area contributed by atoms with Gasteiger partial charge < -0.3 is 25.4 Å². The van der Waals surface area contributed by atoms with Gasteiger partial charge in [-0.3, -0.25) is 9.88 Å². The van der Waals surface area contributed by atoms with Crippen molar-refractivity contribution < 1.29 is 19.2 Å². The molecule has 3 aromatic rings. The zero-order valence-electron chi connectivity index (χ0n) is 14.7. The molecule has 0 aliphatic carbocycles. The summed E-state index contributed by atoms with van der Waals surface area (Å²) in [4.78, 5) is 42.5. The van der Waals surface area contributed by atoms with Gasteiger partial charge in [0.25, 0.3) is 0 Å².